The van der Waals surface area contributed by atoms with Crippen LogP contribution in [0.2, 0.25) is 0 Å². The Kier molecular flexibility index (Phi) is 7.91. The van der Waals surface area contributed by atoms with E-state index in [1.807, 2.05) is 12.1 Å². The van der Waals surface area contributed by atoms with Gasteiger partial charge in [0.05, 0.1) is 0 Å². The van der Waals surface area contributed by atoms with Crippen LogP contribution in [0.15, 0.2) is 18.2 Å². The van der Waals surface area contributed by atoms with E-state index in [1.165, 1.54) is 6.42 Å². The predicted octanol–water partition coefficient (Wildman–Crippen LogP) is 1.75. The number of hydrogen-bond acceptors (Lipinski definition) is 3. The van der Waals surface area contributed by atoms with Gasteiger partial charge in [0.2, 0.25) is 0 Å². The molecule has 1 unspecified atom stereocenters. The highest BCUT2D eigenvalue weighted by molar-refractivity contribution is 5.92. The molecule has 1 atom stereocenters. The lowest BCUT2D eigenvalue weighted by atomic mass is 9.95. The molecule has 0 radical (unpaired) electrons. The number of pyridine rings is 1. The van der Waals surface area contributed by atoms with E-state index in [9.17, 15) is 4.79 Å². The predicted molar refractivity (Wildman–Crippen MR) is 77.0 cm³/mol. The summed E-state index contributed by atoms with van der Waals surface area (Å²) in [5.74, 6) is 0.323. The van der Waals surface area contributed by atoms with Crippen molar-refractivity contribution in [1.29, 1.82) is 0 Å². The highest BCUT2D eigenvalue weighted by Crippen LogP contribution is 2.21. The number of nitrogens with zero attached hydrogens (tertiary/aromatic N) is 1. The third-order valence-electron chi connectivity index (χ3n) is 2.95. The van der Waals surface area contributed by atoms with Crippen molar-refractivity contribution in [3.05, 3.63) is 29.6 Å². The lowest BCUT2D eigenvalue weighted by Crippen LogP contribution is -2.29. The van der Waals surface area contributed by atoms with E-state index in [-0.39, 0.29) is 30.7 Å². The largest absolute Gasteiger partial charge is 0.354 e. The van der Waals surface area contributed by atoms with Crippen LogP contribution in [0.4, 0.5) is 0 Å². The Labute approximate surface area is 120 Å². The Bertz CT molecular complexity index is 381. The maximum atomic E-state index is 11.5. The van der Waals surface area contributed by atoms with Crippen LogP contribution in [0.3, 0.4) is 0 Å². The first-order chi connectivity index (χ1) is 7.81. The molecule has 4 nitrogen and oxygen atoms in total. The molecule has 1 aromatic rings. The lowest BCUT2D eigenvalue weighted by Gasteiger charge is -2.22. The standard InChI is InChI=1S/C12H17N3O.2ClH/c1-13-12(16)11-6-2-5-10(15-11)9-4-3-7-14-8-9;;/h2,5-6,9,14H,3-4,7-8H2,1H3,(H,13,16);2*1H. The van der Waals surface area contributed by atoms with Crippen LogP contribution in [-0.4, -0.2) is 31.0 Å². The molecule has 1 aromatic heterocycles. The summed E-state index contributed by atoms with van der Waals surface area (Å²) in [4.78, 5) is 15.9. The van der Waals surface area contributed by atoms with Gasteiger partial charge in [0.1, 0.15) is 5.69 Å². The first kappa shape index (κ1) is 17.2. The molecule has 0 aliphatic carbocycles. The zero-order valence-corrected chi connectivity index (χ0v) is 11.9. The van der Waals surface area contributed by atoms with Crippen molar-refractivity contribution in [3.8, 4) is 0 Å². The highest BCUT2D eigenvalue weighted by atomic mass is 35.5. The normalized spacial score (nSPS) is 18.2. The fourth-order valence-electron chi connectivity index (χ4n) is 2.04. The summed E-state index contributed by atoms with van der Waals surface area (Å²) in [6.45, 7) is 2.05. The molecular formula is C12H19Cl2N3O. The quantitative estimate of drug-likeness (QED) is 0.873. The first-order valence-corrected chi connectivity index (χ1v) is 5.71. The fraction of sp³-hybridized carbons (Fsp3) is 0.500. The molecule has 1 saturated heterocycles. The van der Waals surface area contributed by atoms with Gasteiger partial charge >= 0.3 is 0 Å². The Morgan fingerprint density at radius 3 is 2.83 bits per heavy atom. The maximum absolute atomic E-state index is 11.5. The van der Waals surface area contributed by atoms with E-state index >= 15 is 0 Å². The van der Waals surface area contributed by atoms with Gasteiger partial charge in [-0.1, -0.05) is 6.07 Å². The summed E-state index contributed by atoms with van der Waals surface area (Å²) in [6, 6.07) is 5.66. The summed E-state index contributed by atoms with van der Waals surface area (Å²) in [5.41, 5.74) is 1.53. The number of nitrogens with one attached hydrogen (secondary N) is 2. The second-order valence-corrected chi connectivity index (χ2v) is 4.07. The van der Waals surface area contributed by atoms with E-state index in [0.717, 1.165) is 25.2 Å². The van der Waals surface area contributed by atoms with Crippen LogP contribution in [0.1, 0.15) is 34.9 Å². The molecule has 1 fully saturated rings. The Balaban J connectivity index is 0.00000144. The summed E-state index contributed by atoms with van der Waals surface area (Å²) in [5, 5.41) is 5.95. The molecule has 0 spiro atoms. The molecule has 102 valence electrons. The molecule has 18 heavy (non-hydrogen) atoms. The van der Waals surface area contributed by atoms with Crippen LogP contribution >= 0.6 is 24.8 Å². The van der Waals surface area contributed by atoms with Crippen LogP contribution in [0.5, 0.6) is 0 Å². The molecule has 6 heteroatoms. The number of carbonyl (C=O) groups is 1. The Morgan fingerprint density at radius 1 is 1.44 bits per heavy atom. The molecular weight excluding hydrogens is 273 g/mol. The summed E-state index contributed by atoms with van der Waals surface area (Å²) in [7, 11) is 1.62. The van der Waals surface area contributed by atoms with Crippen molar-refractivity contribution >= 4 is 30.7 Å². The van der Waals surface area contributed by atoms with Crippen LogP contribution in [0.25, 0.3) is 0 Å². The van der Waals surface area contributed by atoms with E-state index in [2.05, 4.69) is 15.6 Å². The van der Waals surface area contributed by atoms with Gasteiger partial charge in [0.15, 0.2) is 0 Å². The zero-order chi connectivity index (χ0) is 11.4. The first-order valence-electron chi connectivity index (χ1n) is 5.71. The molecule has 0 saturated carbocycles. The van der Waals surface area contributed by atoms with Crippen LogP contribution in [0, 0.1) is 0 Å². The Morgan fingerprint density at radius 2 is 2.22 bits per heavy atom. The molecule has 2 heterocycles. The van der Waals surface area contributed by atoms with Gasteiger partial charge in [0.25, 0.3) is 5.91 Å². The minimum atomic E-state index is -0.120. The number of aromatic nitrogens is 1. The molecule has 2 N–H and O–H groups in total. The molecule has 0 bridgehead atoms. The van der Waals surface area contributed by atoms with Crippen molar-refractivity contribution in [2.45, 2.75) is 18.8 Å². The van der Waals surface area contributed by atoms with Gasteiger partial charge in [-0.3, -0.25) is 4.79 Å². The van der Waals surface area contributed by atoms with Crippen molar-refractivity contribution < 1.29 is 4.79 Å². The molecule has 1 aliphatic rings. The second-order valence-electron chi connectivity index (χ2n) is 4.07. The average Bonchev–Trinajstić information content (AvgIpc) is 2.39. The van der Waals surface area contributed by atoms with Crippen molar-refractivity contribution in [1.82, 2.24) is 15.6 Å². The third-order valence-corrected chi connectivity index (χ3v) is 2.95. The van der Waals surface area contributed by atoms with Gasteiger partial charge in [-0.05, 0) is 31.5 Å². The number of piperidine rings is 1. The molecule has 2 rings (SSSR count). The van der Waals surface area contributed by atoms with Crippen molar-refractivity contribution in [3.63, 3.8) is 0 Å². The van der Waals surface area contributed by atoms with E-state index in [0.29, 0.717) is 11.6 Å². The third kappa shape index (κ3) is 4.12. The van der Waals surface area contributed by atoms with Crippen molar-refractivity contribution in [2.24, 2.45) is 0 Å². The minimum absolute atomic E-state index is 0. The van der Waals surface area contributed by atoms with E-state index in [4.69, 9.17) is 0 Å². The molecule has 1 aliphatic heterocycles. The number of rotatable bonds is 2. The number of hydrogen-bond donors (Lipinski definition) is 2. The second kappa shape index (κ2) is 8.29. The monoisotopic (exact) mass is 291 g/mol. The van der Waals surface area contributed by atoms with E-state index < -0.39 is 0 Å². The number of carbonyl (C=O) groups excluding carboxylic acids is 1. The summed E-state index contributed by atoms with van der Waals surface area (Å²) < 4.78 is 0. The van der Waals surface area contributed by atoms with Gasteiger partial charge in [-0.25, -0.2) is 4.98 Å². The topological polar surface area (TPSA) is 54.0 Å². The minimum Gasteiger partial charge on any atom is -0.354 e. The Hall–Kier alpha value is -0.840. The van der Waals surface area contributed by atoms with Crippen LogP contribution in [-0.2, 0) is 0 Å². The smallest absolute Gasteiger partial charge is 0.269 e. The maximum Gasteiger partial charge on any atom is 0.269 e. The highest BCUT2D eigenvalue weighted by Gasteiger charge is 2.17. The molecule has 1 amide bonds. The van der Waals surface area contributed by atoms with Gasteiger partial charge in [-0.15, -0.1) is 24.8 Å². The van der Waals surface area contributed by atoms with Gasteiger partial charge < -0.3 is 10.6 Å². The SMILES string of the molecule is CNC(=O)c1cccc(C2CCCNC2)n1.Cl.Cl. The fourth-order valence-corrected chi connectivity index (χ4v) is 2.04. The van der Waals surface area contributed by atoms with Gasteiger partial charge in [-0.2, -0.15) is 0 Å². The van der Waals surface area contributed by atoms with E-state index in [1.54, 1.807) is 13.1 Å². The average molecular weight is 292 g/mol. The van der Waals surface area contributed by atoms with Gasteiger partial charge in [0, 0.05) is 25.2 Å². The van der Waals surface area contributed by atoms with Crippen molar-refractivity contribution in [2.75, 3.05) is 20.1 Å². The summed E-state index contributed by atoms with van der Waals surface area (Å²) in [6.07, 6.45) is 2.33. The number of amides is 1. The molecule has 0 aromatic carbocycles. The summed E-state index contributed by atoms with van der Waals surface area (Å²) >= 11 is 0. The number of halogens is 2. The van der Waals surface area contributed by atoms with Crippen LogP contribution < -0.4 is 10.6 Å². The lowest BCUT2D eigenvalue weighted by molar-refractivity contribution is 0.0958. The zero-order valence-electron chi connectivity index (χ0n) is 10.3.